The van der Waals surface area contributed by atoms with Crippen molar-refractivity contribution in [3.05, 3.63) is 96.6 Å². The Bertz CT molecular complexity index is 2880. The maximum absolute atomic E-state index is 15.9. The summed E-state index contributed by atoms with van der Waals surface area (Å²) in [5.74, 6) is -1.92. The molecule has 5 aliphatic rings. The lowest BCUT2D eigenvalue weighted by Gasteiger charge is -2.44. The lowest BCUT2D eigenvalue weighted by molar-refractivity contribution is -0.136. The number of benzene rings is 3. The number of anilines is 5. The Hall–Kier alpha value is -7.18. The van der Waals surface area contributed by atoms with Gasteiger partial charge in [0.2, 0.25) is 23.7 Å². The first-order valence-corrected chi connectivity index (χ1v) is 23.7. The van der Waals surface area contributed by atoms with Crippen LogP contribution in [0.3, 0.4) is 0 Å². The molecule has 18 heteroatoms. The van der Waals surface area contributed by atoms with Gasteiger partial charge in [0.15, 0.2) is 0 Å². The summed E-state index contributed by atoms with van der Waals surface area (Å²) in [7, 11) is 5.63. The maximum Gasteiger partial charge on any atom is 0.262 e. The first kappa shape index (κ1) is 45.6. The number of hydrogen-bond donors (Lipinski definition) is 3. The molecule has 2 bridgehead atoms. The van der Waals surface area contributed by atoms with Crippen molar-refractivity contribution >= 4 is 69.1 Å². The number of hydrogen-bond acceptors (Lipinski definition) is 13. The lowest BCUT2D eigenvalue weighted by Crippen LogP contribution is -2.55. The number of methoxy groups -OCH3 is 1. The first-order chi connectivity index (χ1) is 33.4. The molecule has 0 radical (unpaired) electrons. The number of likely N-dealkylation sites (tertiary alicyclic amines) is 2. The molecule has 0 spiro atoms. The fourth-order valence-corrected chi connectivity index (χ4v) is 11.0. The molecular formula is C51H56FN11O6. The van der Waals surface area contributed by atoms with Gasteiger partial charge in [-0.1, -0.05) is 24.8 Å². The van der Waals surface area contributed by atoms with Crippen LogP contribution in [-0.4, -0.2) is 137 Å². The smallest absolute Gasteiger partial charge is 0.262 e. The minimum atomic E-state index is -1.10. The number of carbonyl (C=O) groups excluding carboxylic acids is 5. The van der Waals surface area contributed by atoms with Gasteiger partial charge >= 0.3 is 0 Å². The molecule has 5 amide bonds. The number of ether oxygens (including phenoxy) is 1. The van der Waals surface area contributed by atoms with Crippen molar-refractivity contribution in [2.75, 3.05) is 80.4 Å². The molecule has 3 atom stereocenters. The second kappa shape index (κ2) is 18.7. The molecule has 4 saturated heterocycles. The number of nitrogens with one attached hydrogen (secondary N) is 3. The van der Waals surface area contributed by atoms with Gasteiger partial charge in [-0.3, -0.25) is 39.1 Å². The van der Waals surface area contributed by atoms with Gasteiger partial charge in [0, 0.05) is 100 Å². The van der Waals surface area contributed by atoms with Crippen LogP contribution in [0.5, 0.6) is 5.75 Å². The van der Waals surface area contributed by atoms with Crippen molar-refractivity contribution in [3.8, 4) is 17.0 Å². The van der Waals surface area contributed by atoms with Gasteiger partial charge in [-0.15, -0.1) is 0 Å². The highest BCUT2D eigenvalue weighted by Crippen LogP contribution is 2.41. The number of para-hydroxylation sites is 1. The minimum absolute atomic E-state index is 0.0163. The summed E-state index contributed by atoms with van der Waals surface area (Å²) < 4.78 is 23.9. The highest BCUT2D eigenvalue weighted by molar-refractivity contribution is 6.24. The standard InChI is InChI=1S/C51H56FN11O6/c1-5-46(64)54-39-24-40(56-51-53-17-14-38(55-51)36-29-59(3)41-9-7-6-8-33(36)41)45(69-4)25-44(39)58(2)20-21-60-18-15-30(16-19-60)26-61-27-31-10-11-32(28-61)62(31)43-23-35-34(22-37(43)52)49(67)63(50(35)68)42-12-13-47(65)57-48(42)66/h5-9,14,17,22-25,29-32,42H,1,10-13,15-16,18-21,26-28H2,2-4H3,(H,54,64)(H,53,55,56)(H,57,65,66). The third-order valence-electron chi connectivity index (χ3n) is 14.6. The van der Waals surface area contributed by atoms with Crippen LogP contribution in [0.25, 0.3) is 22.2 Å². The first-order valence-electron chi connectivity index (χ1n) is 23.7. The zero-order valence-electron chi connectivity index (χ0n) is 39.0. The Morgan fingerprint density at radius 1 is 0.942 bits per heavy atom. The number of halogens is 1. The van der Waals surface area contributed by atoms with Crippen molar-refractivity contribution < 1.29 is 33.1 Å². The Morgan fingerprint density at radius 3 is 2.41 bits per heavy atom. The highest BCUT2D eigenvalue weighted by atomic mass is 19.1. The van der Waals surface area contributed by atoms with E-state index in [1.807, 2.05) is 44.4 Å². The molecule has 3 N–H and O–H groups in total. The van der Waals surface area contributed by atoms with E-state index >= 15 is 4.39 Å². The second-order valence-electron chi connectivity index (χ2n) is 18.8. The van der Waals surface area contributed by atoms with Gasteiger partial charge in [0.25, 0.3) is 11.8 Å². The van der Waals surface area contributed by atoms with Crippen LogP contribution in [0.15, 0.2) is 79.6 Å². The number of rotatable bonds is 14. The molecule has 5 aromatic rings. The molecule has 0 aliphatic carbocycles. The Labute approximate surface area is 399 Å². The number of imide groups is 2. The molecule has 5 aliphatic heterocycles. The quantitative estimate of drug-likeness (QED) is 0.0934. The third kappa shape index (κ3) is 8.78. The monoisotopic (exact) mass is 937 g/mol. The molecular weight excluding hydrogens is 882 g/mol. The second-order valence-corrected chi connectivity index (χ2v) is 18.8. The highest BCUT2D eigenvalue weighted by Gasteiger charge is 2.47. The van der Waals surface area contributed by atoms with Gasteiger partial charge in [0.05, 0.1) is 46.7 Å². The van der Waals surface area contributed by atoms with Gasteiger partial charge in [-0.05, 0) is 87.5 Å². The average molecular weight is 938 g/mol. The Balaban J connectivity index is 0.747. The summed E-state index contributed by atoms with van der Waals surface area (Å²) in [6, 6.07) is 15.5. The van der Waals surface area contributed by atoms with Crippen molar-refractivity contribution in [2.24, 2.45) is 13.0 Å². The molecule has 358 valence electrons. The van der Waals surface area contributed by atoms with E-state index in [4.69, 9.17) is 9.72 Å². The van der Waals surface area contributed by atoms with Gasteiger partial charge in [0.1, 0.15) is 17.6 Å². The Kier molecular flexibility index (Phi) is 12.4. The van der Waals surface area contributed by atoms with Crippen LogP contribution in [0, 0.1) is 11.7 Å². The summed E-state index contributed by atoms with van der Waals surface area (Å²) in [4.78, 5) is 83.4. The van der Waals surface area contributed by atoms with Crippen LogP contribution in [-0.2, 0) is 21.4 Å². The van der Waals surface area contributed by atoms with Crippen LogP contribution in [0.4, 0.5) is 33.1 Å². The number of carbonyl (C=O) groups is 5. The van der Waals surface area contributed by atoms with Crippen molar-refractivity contribution in [2.45, 2.75) is 56.7 Å². The molecule has 17 nitrogen and oxygen atoms in total. The SMILES string of the molecule is C=CC(=O)Nc1cc(Nc2nccc(-c3cn(C)c4ccccc34)n2)c(OC)cc1N(C)CCN1CCC(CN2CC3CCC(C2)N3c2cc3c(cc2F)C(=O)N(C2CCC(=O)NC2=O)C3=O)CC1. The normalized spacial score (nSPS) is 20.9. The zero-order valence-corrected chi connectivity index (χ0v) is 39.0. The van der Waals surface area contributed by atoms with Gasteiger partial charge in [-0.2, -0.15) is 0 Å². The zero-order chi connectivity index (χ0) is 48.1. The largest absolute Gasteiger partial charge is 0.494 e. The average Bonchev–Trinajstić information content (AvgIpc) is 3.91. The lowest BCUT2D eigenvalue weighted by atomic mass is 9.95. The van der Waals surface area contributed by atoms with Crippen molar-refractivity contribution in [1.29, 1.82) is 0 Å². The van der Waals surface area contributed by atoms with Crippen LogP contribution in [0.1, 0.15) is 59.2 Å². The third-order valence-corrected chi connectivity index (χ3v) is 14.6. The molecule has 7 heterocycles. The van der Waals surface area contributed by atoms with Crippen LogP contribution >= 0.6 is 0 Å². The molecule has 0 saturated carbocycles. The maximum atomic E-state index is 15.9. The molecule has 2 aromatic heterocycles. The van der Waals surface area contributed by atoms with E-state index in [1.54, 1.807) is 13.3 Å². The van der Waals surface area contributed by atoms with E-state index in [1.165, 1.54) is 12.1 Å². The summed E-state index contributed by atoms with van der Waals surface area (Å²) >= 11 is 0. The molecule has 4 fully saturated rings. The fourth-order valence-electron chi connectivity index (χ4n) is 11.0. The molecule has 69 heavy (non-hydrogen) atoms. The van der Waals surface area contributed by atoms with Crippen molar-refractivity contribution in [1.82, 2.24) is 34.6 Å². The summed E-state index contributed by atoms with van der Waals surface area (Å²) in [5.41, 5.74) is 5.19. The number of likely N-dealkylation sites (N-methyl/N-ethyl adjacent to an activating group) is 1. The number of aryl methyl sites for hydroxylation is 1. The van der Waals surface area contributed by atoms with E-state index in [0.717, 1.165) is 104 Å². The summed E-state index contributed by atoms with van der Waals surface area (Å²) in [5, 5.41) is 9.61. The topological polar surface area (TPSA) is 178 Å². The predicted octanol–water partition coefficient (Wildman–Crippen LogP) is 5.55. The van der Waals surface area contributed by atoms with Crippen molar-refractivity contribution in [3.63, 3.8) is 0 Å². The molecule has 10 rings (SSSR count). The number of aromatic nitrogens is 3. The van der Waals surface area contributed by atoms with E-state index in [9.17, 15) is 24.0 Å². The van der Waals surface area contributed by atoms with E-state index in [2.05, 4.69) is 70.0 Å². The Morgan fingerprint density at radius 2 is 1.68 bits per heavy atom. The van der Waals surface area contributed by atoms with Gasteiger partial charge in [-0.25, -0.2) is 14.4 Å². The minimum Gasteiger partial charge on any atom is -0.494 e. The van der Waals surface area contributed by atoms with Crippen LogP contribution in [0.2, 0.25) is 0 Å². The molecule has 3 aromatic carbocycles. The van der Waals surface area contributed by atoms with E-state index in [-0.39, 0.29) is 42.0 Å². The molecule has 3 unspecified atom stereocenters. The summed E-state index contributed by atoms with van der Waals surface area (Å²) in [6.07, 6.45) is 8.99. The number of fused-ring (bicyclic) bond motifs is 4. The predicted molar refractivity (Wildman–Crippen MR) is 260 cm³/mol. The van der Waals surface area contributed by atoms with E-state index < -0.39 is 35.5 Å². The number of nitrogens with zero attached hydrogens (tertiary/aromatic N) is 8. The number of piperazine rings is 1. The van der Waals surface area contributed by atoms with Crippen LogP contribution < -0.4 is 30.5 Å². The van der Waals surface area contributed by atoms with E-state index in [0.29, 0.717) is 41.2 Å². The summed E-state index contributed by atoms with van der Waals surface area (Å²) in [6.45, 7) is 9.62. The van der Waals surface area contributed by atoms with Gasteiger partial charge < -0.3 is 34.6 Å². The number of amides is 5. The number of piperidine rings is 2. The fraction of sp³-hybridized carbons (Fsp3) is 0.392.